The molecule has 0 radical (unpaired) electrons. The van der Waals surface area contributed by atoms with Crippen LogP contribution in [0.5, 0.6) is 0 Å². The third-order valence-electron chi connectivity index (χ3n) is 2.81. The van der Waals surface area contributed by atoms with Crippen molar-refractivity contribution < 1.29 is 4.79 Å². The fraction of sp³-hybridized carbons (Fsp3) is 0.385. The Kier molecular flexibility index (Phi) is 6.23. The fourth-order valence-electron chi connectivity index (χ4n) is 1.61. The molecule has 0 aliphatic rings. The number of hydrogen-bond acceptors (Lipinski definition) is 2. The van der Waals surface area contributed by atoms with Gasteiger partial charge in [-0.2, -0.15) is 0 Å². The molecule has 0 heterocycles. The third-order valence-corrected chi connectivity index (χ3v) is 4.03. The minimum atomic E-state index is -0.114. The number of hydrogen-bond donors (Lipinski definition) is 1. The molecule has 1 amide bonds. The van der Waals surface area contributed by atoms with Crippen LogP contribution in [0.3, 0.4) is 0 Å². The van der Waals surface area contributed by atoms with Crippen LogP contribution in [0.2, 0.25) is 5.02 Å². The lowest BCUT2D eigenvalue weighted by Crippen LogP contribution is -2.38. The first-order valence-electron chi connectivity index (χ1n) is 5.90. The first-order chi connectivity index (χ1) is 8.86. The molecule has 0 aromatic heterocycles. The molecule has 1 atom stereocenters. The van der Waals surface area contributed by atoms with Gasteiger partial charge in [-0.1, -0.05) is 46.7 Å². The molecule has 0 saturated heterocycles. The van der Waals surface area contributed by atoms with Gasteiger partial charge in [-0.05, 0) is 25.1 Å². The van der Waals surface area contributed by atoms with Gasteiger partial charge in [-0.3, -0.25) is 4.79 Å². The maximum atomic E-state index is 12.4. The van der Waals surface area contributed by atoms with Gasteiger partial charge in [0.15, 0.2) is 0 Å². The number of amides is 1. The SMILES string of the molecule is CCN(CC(C)C(N)=S)C(=O)c1cc(Br)ccc1Cl. The van der Waals surface area contributed by atoms with E-state index in [9.17, 15) is 4.79 Å². The van der Waals surface area contributed by atoms with E-state index in [1.54, 1.807) is 23.1 Å². The van der Waals surface area contributed by atoms with E-state index in [0.29, 0.717) is 28.7 Å². The van der Waals surface area contributed by atoms with Crippen molar-refractivity contribution in [2.45, 2.75) is 13.8 Å². The normalized spacial score (nSPS) is 12.0. The summed E-state index contributed by atoms with van der Waals surface area (Å²) in [5.74, 6) is -0.137. The molecular formula is C13H16BrClN2OS. The van der Waals surface area contributed by atoms with Crippen molar-refractivity contribution in [3.8, 4) is 0 Å². The Bertz CT molecular complexity index is 496. The zero-order valence-corrected chi connectivity index (χ0v) is 14.0. The van der Waals surface area contributed by atoms with Gasteiger partial charge in [-0.25, -0.2) is 0 Å². The molecule has 1 aromatic rings. The number of carbonyl (C=O) groups is 1. The second kappa shape index (κ2) is 7.22. The van der Waals surface area contributed by atoms with E-state index in [0.717, 1.165) is 4.47 Å². The van der Waals surface area contributed by atoms with Gasteiger partial charge in [0.25, 0.3) is 5.91 Å². The molecular weight excluding hydrogens is 348 g/mol. The van der Waals surface area contributed by atoms with Crippen LogP contribution in [0.4, 0.5) is 0 Å². The number of nitrogens with two attached hydrogens (primary N) is 1. The molecule has 1 unspecified atom stereocenters. The van der Waals surface area contributed by atoms with E-state index >= 15 is 0 Å². The maximum Gasteiger partial charge on any atom is 0.255 e. The molecule has 0 bridgehead atoms. The maximum absolute atomic E-state index is 12.4. The Labute approximate surface area is 132 Å². The lowest BCUT2D eigenvalue weighted by atomic mass is 10.1. The van der Waals surface area contributed by atoms with Crippen molar-refractivity contribution in [1.29, 1.82) is 0 Å². The molecule has 19 heavy (non-hydrogen) atoms. The monoisotopic (exact) mass is 362 g/mol. The highest BCUT2D eigenvalue weighted by molar-refractivity contribution is 9.10. The molecule has 0 aliphatic carbocycles. The van der Waals surface area contributed by atoms with E-state index in [2.05, 4.69) is 15.9 Å². The lowest BCUT2D eigenvalue weighted by Gasteiger charge is -2.24. The Morgan fingerprint density at radius 1 is 1.58 bits per heavy atom. The van der Waals surface area contributed by atoms with E-state index in [1.807, 2.05) is 13.8 Å². The average molecular weight is 364 g/mol. The highest BCUT2D eigenvalue weighted by Crippen LogP contribution is 2.22. The van der Waals surface area contributed by atoms with Gasteiger partial charge >= 0.3 is 0 Å². The molecule has 1 aromatic carbocycles. The molecule has 2 N–H and O–H groups in total. The van der Waals surface area contributed by atoms with Crippen molar-refractivity contribution in [2.75, 3.05) is 13.1 Å². The predicted molar refractivity (Wildman–Crippen MR) is 86.7 cm³/mol. The number of halogens is 2. The zero-order valence-electron chi connectivity index (χ0n) is 10.8. The van der Waals surface area contributed by atoms with Crippen LogP contribution in [-0.2, 0) is 0 Å². The van der Waals surface area contributed by atoms with E-state index in [4.69, 9.17) is 29.6 Å². The average Bonchev–Trinajstić information content (AvgIpc) is 2.37. The standard InChI is InChI=1S/C13H16BrClN2OS/c1-3-17(7-8(2)12(16)19)13(18)10-6-9(14)4-5-11(10)15/h4-6,8H,3,7H2,1-2H3,(H2,16,19). The summed E-state index contributed by atoms with van der Waals surface area (Å²) in [5, 5.41) is 0.439. The van der Waals surface area contributed by atoms with Crippen molar-refractivity contribution >= 4 is 50.6 Å². The van der Waals surface area contributed by atoms with Crippen LogP contribution in [0.1, 0.15) is 24.2 Å². The Hall–Kier alpha value is -0.650. The van der Waals surface area contributed by atoms with Gasteiger partial charge in [0.2, 0.25) is 0 Å². The minimum absolute atomic E-state index is 0.0233. The summed E-state index contributed by atoms with van der Waals surface area (Å²) in [7, 11) is 0. The van der Waals surface area contributed by atoms with Gasteiger partial charge in [-0.15, -0.1) is 0 Å². The lowest BCUT2D eigenvalue weighted by molar-refractivity contribution is 0.0755. The molecule has 1 rings (SSSR count). The highest BCUT2D eigenvalue weighted by atomic mass is 79.9. The summed E-state index contributed by atoms with van der Waals surface area (Å²) in [5.41, 5.74) is 6.07. The Morgan fingerprint density at radius 2 is 2.21 bits per heavy atom. The molecule has 0 fully saturated rings. The largest absolute Gasteiger partial charge is 0.393 e. The first kappa shape index (κ1) is 16.4. The smallest absolute Gasteiger partial charge is 0.255 e. The molecule has 3 nitrogen and oxygen atoms in total. The van der Waals surface area contributed by atoms with Crippen LogP contribution in [0.15, 0.2) is 22.7 Å². The summed E-state index contributed by atoms with van der Waals surface area (Å²) < 4.78 is 0.818. The van der Waals surface area contributed by atoms with Crippen LogP contribution in [0, 0.1) is 5.92 Å². The van der Waals surface area contributed by atoms with Crippen LogP contribution >= 0.6 is 39.7 Å². The van der Waals surface area contributed by atoms with Gasteiger partial charge in [0.1, 0.15) is 0 Å². The van der Waals surface area contributed by atoms with Crippen molar-refractivity contribution in [2.24, 2.45) is 11.7 Å². The molecule has 104 valence electrons. The summed E-state index contributed by atoms with van der Waals surface area (Å²) in [4.78, 5) is 14.5. The summed E-state index contributed by atoms with van der Waals surface area (Å²) >= 11 is 14.4. The number of nitrogens with zero attached hydrogens (tertiary/aromatic N) is 1. The third kappa shape index (κ3) is 4.44. The van der Waals surface area contributed by atoms with Gasteiger partial charge < -0.3 is 10.6 Å². The van der Waals surface area contributed by atoms with E-state index in [-0.39, 0.29) is 11.8 Å². The van der Waals surface area contributed by atoms with E-state index < -0.39 is 0 Å². The number of benzene rings is 1. The highest BCUT2D eigenvalue weighted by Gasteiger charge is 2.20. The number of rotatable bonds is 5. The van der Waals surface area contributed by atoms with Crippen LogP contribution in [0.25, 0.3) is 0 Å². The summed E-state index contributed by atoms with van der Waals surface area (Å²) in [6.45, 7) is 4.89. The van der Waals surface area contributed by atoms with Crippen molar-refractivity contribution in [1.82, 2.24) is 4.90 Å². The predicted octanol–water partition coefficient (Wildman–Crippen LogP) is 3.49. The Balaban J connectivity index is 2.95. The Morgan fingerprint density at radius 3 is 2.74 bits per heavy atom. The minimum Gasteiger partial charge on any atom is -0.393 e. The van der Waals surface area contributed by atoms with Gasteiger partial charge in [0.05, 0.1) is 15.6 Å². The topological polar surface area (TPSA) is 46.3 Å². The molecule has 0 aliphatic heterocycles. The first-order valence-corrected chi connectivity index (χ1v) is 7.48. The molecule has 0 spiro atoms. The summed E-state index contributed by atoms with van der Waals surface area (Å²) in [6, 6.07) is 5.22. The second-order valence-electron chi connectivity index (χ2n) is 4.27. The van der Waals surface area contributed by atoms with Crippen LogP contribution in [-0.4, -0.2) is 28.9 Å². The second-order valence-corrected chi connectivity index (χ2v) is 6.07. The van der Waals surface area contributed by atoms with Crippen molar-refractivity contribution in [3.63, 3.8) is 0 Å². The van der Waals surface area contributed by atoms with Crippen LogP contribution < -0.4 is 5.73 Å². The summed E-state index contributed by atoms with van der Waals surface area (Å²) in [6.07, 6.45) is 0. The fourth-order valence-corrected chi connectivity index (χ4v) is 2.24. The molecule has 6 heteroatoms. The van der Waals surface area contributed by atoms with E-state index in [1.165, 1.54) is 0 Å². The van der Waals surface area contributed by atoms with Gasteiger partial charge in [0, 0.05) is 23.5 Å². The zero-order chi connectivity index (χ0) is 14.6. The quantitative estimate of drug-likeness (QED) is 0.815. The van der Waals surface area contributed by atoms with Crippen molar-refractivity contribution in [3.05, 3.63) is 33.3 Å². The number of carbonyl (C=O) groups excluding carboxylic acids is 1. The number of thiocarbonyl (C=S) groups is 1. The molecule has 0 saturated carbocycles.